The molecule has 10 heteroatoms. The van der Waals surface area contributed by atoms with Crippen LogP contribution in [0.2, 0.25) is 0 Å². The molecule has 1 aliphatic rings. The maximum atomic E-state index is 11.3. The minimum atomic E-state index is 0.347. The van der Waals surface area contributed by atoms with E-state index in [4.69, 9.17) is 23.7 Å². The lowest BCUT2D eigenvalue weighted by Crippen LogP contribution is -2.00. The van der Waals surface area contributed by atoms with Gasteiger partial charge in [0.15, 0.2) is 0 Å². The van der Waals surface area contributed by atoms with Crippen molar-refractivity contribution in [2.45, 2.75) is 291 Å². The number of fused-ring (bicyclic) bond motifs is 10. The molecule has 6 rings (SSSR count). The Bertz CT molecular complexity index is 3190. The van der Waals surface area contributed by atoms with Crippen LogP contribution in [-0.2, 0) is 0 Å². The monoisotopic (exact) mass is 1420 g/mol. The van der Waals surface area contributed by atoms with Crippen LogP contribution in [0.3, 0.4) is 0 Å². The minimum absolute atomic E-state index is 0.347. The highest BCUT2D eigenvalue weighted by atomic mass is 16.5. The summed E-state index contributed by atoms with van der Waals surface area (Å²) in [7, 11) is 0. The summed E-state index contributed by atoms with van der Waals surface area (Å²) in [6.45, 7) is 13.6. The van der Waals surface area contributed by atoms with Crippen molar-refractivity contribution in [1.82, 2.24) is 0 Å². The number of nitrogens with zero attached hydrogens (tertiary/aromatic N) is 5. The van der Waals surface area contributed by atoms with Crippen molar-refractivity contribution >= 4 is 58.2 Å². The third kappa shape index (κ3) is 33.9. The summed E-state index contributed by atoms with van der Waals surface area (Å²) >= 11 is 0. The number of nitriles is 5. The van der Waals surface area contributed by atoms with E-state index in [2.05, 4.69) is 65.0 Å². The molecular weight excluding hydrogens is 1290 g/mol. The highest BCUT2D eigenvalue weighted by Crippen LogP contribution is 2.36. The van der Waals surface area contributed by atoms with Crippen molar-refractivity contribution in [2.24, 2.45) is 0 Å². The molecule has 10 nitrogen and oxygen atoms in total. The van der Waals surface area contributed by atoms with Crippen molar-refractivity contribution < 1.29 is 23.7 Å². The van der Waals surface area contributed by atoms with Crippen molar-refractivity contribution in [1.29, 1.82) is 26.3 Å². The lowest BCUT2D eigenvalue weighted by Gasteiger charge is -2.13. The second-order valence-electron chi connectivity index (χ2n) is 28.9. The van der Waals surface area contributed by atoms with Gasteiger partial charge in [-0.05, 0) is 209 Å². The molecule has 0 saturated heterocycles. The lowest BCUT2D eigenvalue weighted by molar-refractivity contribution is 0.304. The maximum Gasteiger partial charge on any atom is 0.120 e. The van der Waals surface area contributed by atoms with Crippen LogP contribution < -0.4 is 23.7 Å². The molecule has 560 valence electrons. The molecule has 105 heavy (non-hydrogen) atoms. The molecule has 0 radical (unpaired) electrons. The smallest absolute Gasteiger partial charge is 0.120 e. The predicted octanol–water partition coefficient (Wildman–Crippen LogP) is 27.9. The average molecular weight is 1420 g/mol. The summed E-state index contributed by atoms with van der Waals surface area (Å²) in [6.07, 6.45) is 55.3. The van der Waals surface area contributed by atoms with E-state index in [0.29, 0.717) is 145 Å². The zero-order valence-corrected chi connectivity index (χ0v) is 65.1. The summed E-state index contributed by atoms with van der Waals surface area (Å²) < 4.78 is 33.1. The highest BCUT2D eigenvalue weighted by molar-refractivity contribution is 5.98. The summed E-state index contributed by atoms with van der Waals surface area (Å²) in [5.41, 5.74) is 7.97. The Labute approximate surface area is 634 Å². The third-order valence-corrected chi connectivity index (χ3v) is 19.7. The zero-order valence-electron chi connectivity index (χ0n) is 65.1. The average Bonchev–Trinajstić information content (AvgIpc) is 0.890. The van der Waals surface area contributed by atoms with Gasteiger partial charge in [-0.15, -0.1) is 0 Å². The molecule has 0 saturated carbocycles. The van der Waals surface area contributed by atoms with E-state index in [1.165, 1.54) is 161 Å². The van der Waals surface area contributed by atoms with Crippen LogP contribution >= 0.6 is 0 Å². The Hall–Kier alpha value is -8.75. The molecule has 0 spiro atoms. The summed E-state index contributed by atoms with van der Waals surface area (Å²) in [5.74, 6) is 2.85. The fourth-order valence-electron chi connectivity index (χ4n) is 13.6. The first-order chi connectivity index (χ1) is 51.7. The lowest BCUT2D eigenvalue weighted by atomic mass is 9.96. The van der Waals surface area contributed by atoms with Gasteiger partial charge >= 0.3 is 0 Å². The Morgan fingerprint density at radius 2 is 0.333 bits per heavy atom. The quantitative estimate of drug-likeness (QED) is 0.0342. The first kappa shape index (κ1) is 85.2. The van der Waals surface area contributed by atoms with E-state index in [1.807, 2.05) is 121 Å². The zero-order chi connectivity index (χ0) is 74.6. The van der Waals surface area contributed by atoms with Gasteiger partial charge in [0.2, 0.25) is 0 Å². The van der Waals surface area contributed by atoms with Gasteiger partial charge in [0.1, 0.15) is 28.7 Å². The first-order valence-electron chi connectivity index (χ1n) is 41.2. The summed E-state index contributed by atoms with van der Waals surface area (Å²) in [6, 6.07) is 41.4. The summed E-state index contributed by atoms with van der Waals surface area (Å²) in [4.78, 5) is 0. The standard InChI is InChI=1S/C95H125N5O5/c1-6-11-16-21-26-31-36-41-46-101-91-61-76-51-81(66-91)86(71-96)57-77-52-83(68-92(62-77)102-47-42-37-32-27-22-17-12-7-2)88(73-98)59-79-54-85(70-94(64-79)104-49-44-39-34-29-24-19-14-9-4)90(75-100)60-80-55-84(69-95(65-80)105-50-45-40-35-30-25-20-15-10-5)89(74-99)58-78-53-82(87(56-76)72-97)67-93(63-78)103-48-43-38-33-28-23-18-13-8-3/h51-70H,6-50H2,1-5H3/b86-57+,87-56+,88-59+,89-58+,90-60+. The molecule has 5 aromatic rings. The molecule has 10 bridgehead atoms. The van der Waals surface area contributed by atoms with Gasteiger partial charge in [0, 0.05) is 0 Å². The van der Waals surface area contributed by atoms with Crippen molar-refractivity contribution in [3.05, 3.63) is 147 Å². The fourth-order valence-corrected chi connectivity index (χ4v) is 13.6. The van der Waals surface area contributed by atoms with E-state index in [9.17, 15) is 26.3 Å². The first-order valence-corrected chi connectivity index (χ1v) is 41.2. The molecule has 0 N–H and O–H groups in total. The van der Waals surface area contributed by atoms with Gasteiger partial charge in [-0.2, -0.15) is 26.3 Å². The van der Waals surface area contributed by atoms with Crippen molar-refractivity contribution in [3.63, 3.8) is 0 Å². The SMILES string of the molecule is CCCCCCCCCCOc1cc2cc(c1)/C(C#N)=C/c1cc(OCCCCCCCCCC)cc(c1)/C(C#N)=C/c1cc(OCCCCCCCCCC)cc(c1)/C(C#N)=C/c1cc(OCCCCCCCCCC)cc(c1)/C(C#N)=C/c1cc(OCCCCCCCCCC)cc(c1)/C(C#N)=C/2. The molecule has 1 aliphatic carbocycles. The van der Waals surface area contributed by atoms with E-state index < -0.39 is 0 Å². The summed E-state index contributed by atoms with van der Waals surface area (Å²) in [5, 5.41) is 56.6. The molecule has 0 fully saturated rings. The molecule has 0 aromatic heterocycles. The Morgan fingerprint density at radius 1 is 0.190 bits per heavy atom. The second kappa shape index (κ2) is 53.1. The van der Waals surface area contributed by atoms with Crippen LogP contribution in [0.25, 0.3) is 58.2 Å². The molecule has 0 heterocycles. The number of benzene rings is 5. The number of unbranched alkanes of at least 4 members (excludes halogenated alkanes) is 35. The maximum absolute atomic E-state index is 11.3. The number of hydrogen-bond donors (Lipinski definition) is 0. The van der Waals surface area contributed by atoms with Crippen LogP contribution in [0.1, 0.15) is 347 Å². The van der Waals surface area contributed by atoms with E-state index in [1.54, 1.807) is 0 Å². The van der Waals surface area contributed by atoms with Crippen LogP contribution in [0.15, 0.2) is 91.0 Å². The minimum Gasteiger partial charge on any atom is -0.494 e. The van der Waals surface area contributed by atoms with Gasteiger partial charge in [-0.1, -0.05) is 259 Å². The molecular formula is C95H125N5O5. The highest BCUT2D eigenvalue weighted by Gasteiger charge is 2.17. The normalized spacial score (nSPS) is 14.6. The molecule has 0 aliphatic heterocycles. The number of allylic oxidation sites excluding steroid dienone is 5. The Balaban J connectivity index is 1.57. The topological polar surface area (TPSA) is 165 Å². The Kier molecular flexibility index (Phi) is 43.1. The van der Waals surface area contributed by atoms with Crippen LogP contribution in [0.4, 0.5) is 0 Å². The van der Waals surface area contributed by atoms with Crippen LogP contribution in [-0.4, -0.2) is 33.0 Å². The van der Waals surface area contributed by atoms with Gasteiger partial charge in [0.25, 0.3) is 0 Å². The van der Waals surface area contributed by atoms with E-state index >= 15 is 0 Å². The molecule has 5 aromatic carbocycles. The molecule has 0 atom stereocenters. The molecule has 0 unspecified atom stereocenters. The fraction of sp³-hybridized carbons (Fsp3) is 0.526. The van der Waals surface area contributed by atoms with Gasteiger partial charge in [-0.25, -0.2) is 0 Å². The predicted molar refractivity (Wildman–Crippen MR) is 440 cm³/mol. The largest absolute Gasteiger partial charge is 0.494 e. The van der Waals surface area contributed by atoms with Crippen molar-refractivity contribution in [3.8, 4) is 59.1 Å². The Morgan fingerprint density at radius 3 is 0.476 bits per heavy atom. The number of ether oxygens (including phenoxy) is 5. The number of rotatable bonds is 50. The van der Waals surface area contributed by atoms with Gasteiger partial charge in [-0.3, -0.25) is 0 Å². The second-order valence-corrected chi connectivity index (χ2v) is 28.9. The van der Waals surface area contributed by atoms with Crippen LogP contribution in [0, 0.1) is 56.7 Å². The van der Waals surface area contributed by atoms with Crippen LogP contribution in [0.5, 0.6) is 28.7 Å². The van der Waals surface area contributed by atoms with Gasteiger partial charge < -0.3 is 23.7 Å². The third-order valence-electron chi connectivity index (χ3n) is 19.7. The van der Waals surface area contributed by atoms with Crippen molar-refractivity contribution in [2.75, 3.05) is 33.0 Å². The van der Waals surface area contributed by atoms with E-state index in [-0.39, 0.29) is 0 Å². The van der Waals surface area contributed by atoms with E-state index in [0.717, 1.165) is 96.3 Å². The molecule has 0 amide bonds. The number of hydrogen-bond acceptors (Lipinski definition) is 10. The van der Waals surface area contributed by atoms with Gasteiger partial charge in [0.05, 0.1) is 91.2 Å².